The molecule has 0 atom stereocenters. The highest BCUT2D eigenvalue weighted by molar-refractivity contribution is 7.98. The van der Waals surface area contributed by atoms with Crippen LogP contribution in [0.25, 0.3) is 0 Å². The van der Waals surface area contributed by atoms with Crippen molar-refractivity contribution in [2.45, 2.75) is 6.54 Å². The lowest BCUT2D eigenvalue weighted by atomic mass is 10.6. The quantitative estimate of drug-likeness (QED) is 0.666. The van der Waals surface area contributed by atoms with Gasteiger partial charge in [-0.05, 0) is 6.26 Å². The third kappa shape index (κ3) is 2.38. The van der Waals surface area contributed by atoms with E-state index in [0.717, 1.165) is 12.3 Å². The molecule has 0 aromatic carbocycles. The minimum Gasteiger partial charge on any atom is -0.298 e. The Morgan fingerprint density at radius 3 is 3.18 bits per heavy atom. The highest BCUT2D eigenvalue weighted by atomic mass is 32.2. The van der Waals surface area contributed by atoms with E-state index in [2.05, 4.69) is 4.98 Å². The van der Waals surface area contributed by atoms with Gasteiger partial charge in [0.2, 0.25) is 0 Å². The number of nitrogens with zero attached hydrogens (tertiary/aromatic N) is 2. The third-order valence-corrected chi connectivity index (χ3v) is 1.92. The molecule has 4 heteroatoms. The van der Waals surface area contributed by atoms with E-state index in [1.807, 2.05) is 6.26 Å². The zero-order valence-corrected chi connectivity index (χ0v) is 7.17. The predicted octanol–water partition coefficient (Wildman–Crippen LogP) is 0.606. The highest BCUT2D eigenvalue weighted by Gasteiger charge is 1.91. The van der Waals surface area contributed by atoms with Crippen LogP contribution in [0.4, 0.5) is 0 Å². The van der Waals surface area contributed by atoms with E-state index in [4.69, 9.17) is 0 Å². The van der Waals surface area contributed by atoms with Gasteiger partial charge >= 0.3 is 0 Å². The van der Waals surface area contributed by atoms with E-state index in [1.165, 1.54) is 12.3 Å². The van der Waals surface area contributed by atoms with Crippen molar-refractivity contribution in [2.75, 3.05) is 12.0 Å². The SMILES string of the molecule is CSCCn1cnccc1=O. The van der Waals surface area contributed by atoms with Crippen LogP contribution in [0.15, 0.2) is 23.4 Å². The molecule has 1 heterocycles. The lowest BCUT2D eigenvalue weighted by molar-refractivity contribution is 0.714. The Kier molecular flexibility index (Phi) is 3.16. The summed E-state index contributed by atoms with van der Waals surface area (Å²) >= 11 is 1.72. The van der Waals surface area contributed by atoms with Crippen molar-refractivity contribution in [1.82, 2.24) is 9.55 Å². The van der Waals surface area contributed by atoms with E-state index >= 15 is 0 Å². The zero-order valence-electron chi connectivity index (χ0n) is 6.36. The normalized spacial score (nSPS) is 9.91. The van der Waals surface area contributed by atoms with Crippen molar-refractivity contribution >= 4 is 11.8 Å². The Balaban J connectivity index is 2.70. The molecule has 0 bridgehead atoms. The molecule has 1 aromatic heterocycles. The molecule has 60 valence electrons. The van der Waals surface area contributed by atoms with Crippen LogP contribution in [-0.2, 0) is 6.54 Å². The van der Waals surface area contributed by atoms with Gasteiger partial charge < -0.3 is 0 Å². The predicted molar refractivity (Wildman–Crippen MR) is 46.9 cm³/mol. The Bertz CT molecular complexity index is 271. The average molecular weight is 170 g/mol. The zero-order chi connectivity index (χ0) is 8.10. The fraction of sp³-hybridized carbons (Fsp3) is 0.429. The minimum absolute atomic E-state index is 0.0223. The van der Waals surface area contributed by atoms with E-state index in [0.29, 0.717) is 0 Å². The van der Waals surface area contributed by atoms with E-state index in [1.54, 1.807) is 22.7 Å². The maximum absolute atomic E-state index is 11.0. The molecule has 11 heavy (non-hydrogen) atoms. The van der Waals surface area contributed by atoms with Crippen molar-refractivity contribution < 1.29 is 0 Å². The van der Waals surface area contributed by atoms with Crippen LogP contribution in [0.2, 0.25) is 0 Å². The molecule has 1 rings (SSSR count). The Hall–Kier alpha value is -0.770. The summed E-state index contributed by atoms with van der Waals surface area (Å²) in [4.78, 5) is 14.9. The second-order valence-corrected chi connectivity index (χ2v) is 3.09. The summed E-state index contributed by atoms with van der Waals surface area (Å²) in [6, 6.07) is 1.47. The summed E-state index contributed by atoms with van der Waals surface area (Å²) in [5.41, 5.74) is 0.0223. The number of thioether (sulfide) groups is 1. The van der Waals surface area contributed by atoms with Crippen molar-refractivity contribution in [3.05, 3.63) is 28.9 Å². The molecule has 0 spiro atoms. The van der Waals surface area contributed by atoms with Crippen LogP contribution >= 0.6 is 11.8 Å². The molecule has 3 nitrogen and oxygen atoms in total. The van der Waals surface area contributed by atoms with E-state index in [9.17, 15) is 4.79 Å². The largest absolute Gasteiger partial charge is 0.298 e. The van der Waals surface area contributed by atoms with Gasteiger partial charge in [0, 0.05) is 24.6 Å². The molecular weight excluding hydrogens is 160 g/mol. The number of hydrogen-bond acceptors (Lipinski definition) is 3. The van der Waals surface area contributed by atoms with E-state index in [-0.39, 0.29) is 5.56 Å². The lowest BCUT2D eigenvalue weighted by Crippen LogP contribution is -2.19. The van der Waals surface area contributed by atoms with Gasteiger partial charge in [0.05, 0.1) is 6.33 Å². The second kappa shape index (κ2) is 4.18. The first-order valence-corrected chi connectivity index (χ1v) is 4.73. The van der Waals surface area contributed by atoms with Crippen LogP contribution in [-0.4, -0.2) is 21.6 Å². The molecule has 0 radical (unpaired) electrons. The molecule has 0 N–H and O–H groups in total. The number of aromatic nitrogens is 2. The lowest BCUT2D eigenvalue weighted by Gasteiger charge is -2.00. The first-order chi connectivity index (χ1) is 5.34. The molecule has 0 fully saturated rings. The second-order valence-electron chi connectivity index (χ2n) is 2.10. The van der Waals surface area contributed by atoms with Crippen LogP contribution in [0, 0.1) is 0 Å². The molecule has 0 unspecified atom stereocenters. The summed E-state index contributed by atoms with van der Waals surface area (Å²) in [6.07, 6.45) is 5.10. The first-order valence-electron chi connectivity index (χ1n) is 3.34. The average Bonchev–Trinajstić information content (AvgIpc) is 2.03. The molecule has 0 aliphatic rings. The monoisotopic (exact) mass is 170 g/mol. The Morgan fingerprint density at radius 1 is 1.73 bits per heavy atom. The smallest absolute Gasteiger partial charge is 0.253 e. The van der Waals surface area contributed by atoms with Gasteiger partial charge in [-0.3, -0.25) is 9.36 Å². The molecule has 0 saturated carbocycles. The molecule has 1 aromatic rings. The topological polar surface area (TPSA) is 34.9 Å². The number of rotatable bonds is 3. The molecule has 0 saturated heterocycles. The summed E-state index contributed by atoms with van der Waals surface area (Å²) in [7, 11) is 0. The fourth-order valence-electron chi connectivity index (χ4n) is 0.736. The number of hydrogen-bond donors (Lipinski definition) is 0. The van der Waals surface area contributed by atoms with Gasteiger partial charge in [-0.15, -0.1) is 0 Å². The third-order valence-electron chi connectivity index (χ3n) is 1.33. The van der Waals surface area contributed by atoms with Gasteiger partial charge in [-0.1, -0.05) is 0 Å². The van der Waals surface area contributed by atoms with Gasteiger partial charge in [0.1, 0.15) is 0 Å². The van der Waals surface area contributed by atoms with Crippen molar-refractivity contribution in [3.63, 3.8) is 0 Å². The van der Waals surface area contributed by atoms with Crippen LogP contribution < -0.4 is 5.56 Å². The van der Waals surface area contributed by atoms with Crippen LogP contribution in [0.3, 0.4) is 0 Å². The summed E-state index contributed by atoms with van der Waals surface area (Å²) in [5, 5.41) is 0. The van der Waals surface area contributed by atoms with Crippen LogP contribution in [0.1, 0.15) is 0 Å². The fourth-order valence-corrected chi connectivity index (χ4v) is 1.12. The van der Waals surface area contributed by atoms with E-state index < -0.39 is 0 Å². The van der Waals surface area contributed by atoms with Crippen molar-refractivity contribution in [1.29, 1.82) is 0 Å². The molecular formula is C7H10N2OS. The summed E-state index contributed by atoms with van der Waals surface area (Å²) in [6.45, 7) is 0.744. The molecule has 0 amide bonds. The standard InChI is InChI=1S/C7H10N2OS/c1-11-5-4-9-6-8-3-2-7(9)10/h2-3,6H,4-5H2,1H3. The Labute approximate surface area is 69.5 Å². The summed E-state index contributed by atoms with van der Waals surface area (Å²) < 4.78 is 1.61. The first kappa shape index (κ1) is 8.33. The Morgan fingerprint density at radius 2 is 2.55 bits per heavy atom. The van der Waals surface area contributed by atoms with Crippen molar-refractivity contribution in [3.8, 4) is 0 Å². The summed E-state index contributed by atoms with van der Waals surface area (Å²) in [5.74, 6) is 0.950. The van der Waals surface area contributed by atoms with Gasteiger partial charge in [0.25, 0.3) is 5.56 Å². The minimum atomic E-state index is 0.0223. The van der Waals surface area contributed by atoms with Crippen LogP contribution in [0.5, 0.6) is 0 Å². The molecule has 0 aliphatic carbocycles. The van der Waals surface area contributed by atoms with Gasteiger partial charge in [-0.25, -0.2) is 4.98 Å². The van der Waals surface area contributed by atoms with Crippen molar-refractivity contribution in [2.24, 2.45) is 0 Å². The maximum Gasteiger partial charge on any atom is 0.253 e. The van der Waals surface area contributed by atoms with Gasteiger partial charge in [-0.2, -0.15) is 11.8 Å². The number of aryl methyl sites for hydroxylation is 1. The van der Waals surface area contributed by atoms with Gasteiger partial charge in [0.15, 0.2) is 0 Å². The molecule has 0 aliphatic heterocycles. The highest BCUT2D eigenvalue weighted by Crippen LogP contribution is 1.91. The maximum atomic E-state index is 11.0.